The number of halogens is 3. The molecule has 2 rings (SSSR count). The number of rotatable bonds is 4. The van der Waals surface area contributed by atoms with E-state index in [9.17, 15) is 13.2 Å². The molecule has 0 bridgehead atoms. The molecule has 1 unspecified atom stereocenters. The molecular formula is C14H17F3N4. The van der Waals surface area contributed by atoms with E-state index < -0.39 is 11.7 Å². The Bertz CT molecular complexity index is 619. The minimum absolute atomic E-state index is 0.271. The summed E-state index contributed by atoms with van der Waals surface area (Å²) >= 11 is 0. The average Bonchev–Trinajstić information content (AvgIpc) is 2.73. The Hall–Kier alpha value is -1.89. The molecule has 114 valence electrons. The highest BCUT2D eigenvalue weighted by molar-refractivity contribution is 5.28. The van der Waals surface area contributed by atoms with Crippen molar-refractivity contribution < 1.29 is 13.2 Å². The zero-order valence-corrected chi connectivity index (χ0v) is 12.1. The van der Waals surface area contributed by atoms with Crippen LogP contribution in [0.2, 0.25) is 0 Å². The second-order valence-electron chi connectivity index (χ2n) is 4.85. The lowest BCUT2D eigenvalue weighted by Crippen LogP contribution is -2.23. The Morgan fingerprint density at radius 3 is 2.52 bits per heavy atom. The van der Waals surface area contributed by atoms with E-state index in [0.29, 0.717) is 17.9 Å². The van der Waals surface area contributed by atoms with Crippen molar-refractivity contribution >= 4 is 0 Å². The van der Waals surface area contributed by atoms with Gasteiger partial charge in [-0.3, -0.25) is 0 Å². The van der Waals surface area contributed by atoms with E-state index in [1.165, 1.54) is 12.1 Å². The summed E-state index contributed by atoms with van der Waals surface area (Å²) < 4.78 is 40.0. The Balaban J connectivity index is 2.27. The van der Waals surface area contributed by atoms with Gasteiger partial charge in [-0.25, -0.2) is 9.67 Å². The van der Waals surface area contributed by atoms with Crippen molar-refractivity contribution in [3.63, 3.8) is 0 Å². The fraction of sp³-hybridized carbons (Fsp3) is 0.429. The first-order valence-corrected chi connectivity index (χ1v) is 6.53. The third kappa shape index (κ3) is 3.60. The lowest BCUT2D eigenvalue weighted by atomic mass is 10.0. The largest absolute Gasteiger partial charge is 0.416 e. The number of alkyl halides is 3. The highest BCUT2D eigenvalue weighted by atomic mass is 19.4. The van der Waals surface area contributed by atoms with Crippen LogP contribution in [-0.4, -0.2) is 21.8 Å². The molecule has 7 heteroatoms. The first-order chi connectivity index (χ1) is 9.81. The SMILES string of the molecule is CNC(Cn1nc(C)nc1C)c1cccc(C(F)(F)F)c1. The number of benzene rings is 1. The van der Waals surface area contributed by atoms with Crippen molar-refractivity contribution in [1.82, 2.24) is 20.1 Å². The Morgan fingerprint density at radius 1 is 1.29 bits per heavy atom. The normalized spacial score (nSPS) is 13.4. The fourth-order valence-corrected chi connectivity index (χ4v) is 2.20. The van der Waals surface area contributed by atoms with E-state index in [2.05, 4.69) is 15.4 Å². The number of hydrogen-bond donors (Lipinski definition) is 1. The molecule has 1 aromatic carbocycles. The maximum absolute atomic E-state index is 12.8. The van der Waals surface area contributed by atoms with Crippen molar-refractivity contribution in [3.05, 3.63) is 47.0 Å². The standard InChI is InChI=1S/C14H17F3N4/c1-9-19-10(2)21(20-9)8-13(18-3)11-5-4-6-12(7-11)14(15,16)17/h4-7,13,18H,8H2,1-3H3. The highest BCUT2D eigenvalue weighted by Gasteiger charge is 2.31. The van der Waals surface area contributed by atoms with Crippen molar-refractivity contribution in [2.75, 3.05) is 7.05 Å². The molecule has 0 spiro atoms. The topological polar surface area (TPSA) is 42.7 Å². The molecule has 0 fully saturated rings. The third-order valence-electron chi connectivity index (χ3n) is 3.28. The number of likely N-dealkylation sites (N-methyl/N-ethyl adjacent to an activating group) is 1. The summed E-state index contributed by atoms with van der Waals surface area (Å²) in [5.74, 6) is 1.38. The van der Waals surface area contributed by atoms with Gasteiger partial charge >= 0.3 is 6.18 Å². The summed E-state index contributed by atoms with van der Waals surface area (Å²) in [6, 6.07) is 5.06. The van der Waals surface area contributed by atoms with Crippen LogP contribution in [-0.2, 0) is 12.7 Å². The second kappa shape index (κ2) is 5.85. The molecule has 1 heterocycles. The lowest BCUT2D eigenvalue weighted by Gasteiger charge is -2.18. The van der Waals surface area contributed by atoms with E-state index in [1.807, 2.05) is 6.92 Å². The molecule has 0 radical (unpaired) electrons. The van der Waals surface area contributed by atoms with Gasteiger partial charge in [0, 0.05) is 0 Å². The van der Waals surface area contributed by atoms with Gasteiger partial charge in [-0.1, -0.05) is 12.1 Å². The smallest absolute Gasteiger partial charge is 0.311 e. The van der Waals surface area contributed by atoms with Crippen molar-refractivity contribution in [1.29, 1.82) is 0 Å². The summed E-state index contributed by atoms with van der Waals surface area (Å²) in [4.78, 5) is 4.19. The zero-order chi connectivity index (χ0) is 15.6. The number of aromatic nitrogens is 3. The van der Waals surface area contributed by atoms with Crippen molar-refractivity contribution in [2.45, 2.75) is 32.6 Å². The summed E-state index contributed by atoms with van der Waals surface area (Å²) in [6.45, 7) is 4.02. The van der Waals surface area contributed by atoms with Crippen LogP contribution in [0, 0.1) is 13.8 Å². The summed E-state index contributed by atoms with van der Waals surface area (Å²) in [5.41, 5.74) is -0.0772. The monoisotopic (exact) mass is 298 g/mol. The van der Waals surface area contributed by atoms with Crippen LogP contribution in [0.3, 0.4) is 0 Å². The van der Waals surface area contributed by atoms with Crippen LogP contribution in [0.15, 0.2) is 24.3 Å². The van der Waals surface area contributed by atoms with E-state index in [4.69, 9.17) is 0 Å². The number of nitrogens with one attached hydrogen (secondary N) is 1. The first-order valence-electron chi connectivity index (χ1n) is 6.53. The minimum Gasteiger partial charge on any atom is -0.311 e. The van der Waals surface area contributed by atoms with Crippen LogP contribution < -0.4 is 5.32 Å². The zero-order valence-electron chi connectivity index (χ0n) is 12.1. The van der Waals surface area contributed by atoms with Gasteiger partial charge in [-0.15, -0.1) is 0 Å². The lowest BCUT2D eigenvalue weighted by molar-refractivity contribution is -0.137. The second-order valence-corrected chi connectivity index (χ2v) is 4.85. The summed E-state index contributed by atoms with van der Waals surface area (Å²) in [6.07, 6.45) is -4.34. The van der Waals surface area contributed by atoms with Crippen LogP contribution in [0.1, 0.15) is 28.8 Å². The third-order valence-corrected chi connectivity index (χ3v) is 3.28. The van der Waals surface area contributed by atoms with Gasteiger partial charge < -0.3 is 5.32 Å². The molecule has 21 heavy (non-hydrogen) atoms. The average molecular weight is 298 g/mol. The molecule has 1 atom stereocenters. The van der Waals surface area contributed by atoms with Gasteiger partial charge in [0.25, 0.3) is 0 Å². The van der Waals surface area contributed by atoms with Gasteiger partial charge in [-0.05, 0) is 38.6 Å². The molecule has 0 aliphatic rings. The molecule has 4 nitrogen and oxygen atoms in total. The van der Waals surface area contributed by atoms with Crippen LogP contribution in [0.25, 0.3) is 0 Å². The Morgan fingerprint density at radius 2 is 2.00 bits per heavy atom. The van der Waals surface area contributed by atoms with Crippen LogP contribution in [0.5, 0.6) is 0 Å². The van der Waals surface area contributed by atoms with E-state index >= 15 is 0 Å². The first kappa shape index (κ1) is 15.5. The van der Waals surface area contributed by atoms with Crippen LogP contribution >= 0.6 is 0 Å². The molecule has 0 aliphatic carbocycles. The van der Waals surface area contributed by atoms with Gasteiger partial charge in [0.15, 0.2) is 0 Å². The molecule has 0 amide bonds. The quantitative estimate of drug-likeness (QED) is 0.944. The molecule has 2 aromatic rings. The maximum Gasteiger partial charge on any atom is 0.416 e. The van der Waals surface area contributed by atoms with E-state index in [-0.39, 0.29) is 6.04 Å². The molecule has 0 aliphatic heterocycles. The predicted molar refractivity (Wildman–Crippen MR) is 72.7 cm³/mol. The Labute approximate surface area is 121 Å². The van der Waals surface area contributed by atoms with Crippen molar-refractivity contribution in [2.24, 2.45) is 0 Å². The molecule has 0 saturated heterocycles. The molecule has 1 N–H and O–H groups in total. The van der Waals surface area contributed by atoms with Gasteiger partial charge in [-0.2, -0.15) is 18.3 Å². The summed E-state index contributed by atoms with van der Waals surface area (Å²) in [7, 11) is 1.71. The molecular weight excluding hydrogens is 281 g/mol. The summed E-state index contributed by atoms with van der Waals surface area (Å²) in [5, 5.41) is 7.26. The highest BCUT2D eigenvalue weighted by Crippen LogP contribution is 2.31. The van der Waals surface area contributed by atoms with Crippen molar-refractivity contribution in [3.8, 4) is 0 Å². The molecule has 1 aromatic heterocycles. The Kier molecular flexibility index (Phi) is 4.32. The maximum atomic E-state index is 12.8. The number of hydrogen-bond acceptors (Lipinski definition) is 3. The van der Waals surface area contributed by atoms with Gasteiger partial charge in [0.1, 0.15) is 11.6 Å². The van der Waals surface area contributed by atoms with E-state index in [0.717, 1.165) is 11.9 Å². The predicted octanol–water partition coefficient (Wildman–Crippen LogP) is 2.87. The van der Waals surface area contributed by atoms with Crippen LogP contribution in [0.4, 0.5) is 13.2 Å². The molecule has 0 saturated carbocycles. The van der Waals surface area contributed by atoms with Gasteiger partial charge in [0.05, 0.1) is 18.2 Å². The van der Waals surface area contributed by atoms with Gasteiger partial charge in [0.2, 0.25) is 0 Å². The fourth-order valence-electron chi connectivity index (χ4n) is 2.20. The number of aryl methyl sites for hydroxylation is 2. The number of nitrogens with zero attached hydrogens (tertiary/aromatic N) is 3. The van der Waals surface area contributed by atoms with E-state index in [1.54, 1.807) is 24.7 Å². The minimum atomic E-state index is -4.34.